The molecule has 0 saturated heterocycles. The van der Waals surface area contributed by atoms with Crippen molar-refractivity contribution in [2.24, 2.45) is 0 Å². The van der Waals surface area contributed by atoms with Gasteiger partial charge in [-0.2, -0.15) is 0 Å². The van der Waals surface area contributed by atoms with Crippen LogP contribution in [0.5, 0.6) is 17.2 Å². The number of ether oxygens (including phenoxy) is 2. The van der Waals surface area contributed by atoms with Gasteiger partial charge < -0.3 is 24.8 Å². The zero-order chi connectivity index (χ0) is 22.8. The van der Waals surface area contributed by atoms with Gasteiger partial charge in [-0.05, 0) is 70.7 Å². The first-order valence-electron chi connectivity index (χ1n) is 10.9. The summed E-state index contributed by atoms with van der Waals surface area (Å²) in [6.45, 7) is 3.31. The minimum absolute atomic E-state index is 0.00559. The van der Waals surface area contributed by atoms with Gasteiger partial charge in [-0.3, -0.25) is 0 Å². The fourth-order valence-corrected chi connectivity index (χ4v) is 3.57. The molecular formula is C27H30O5. The van der Waals surface area contributed by atoms with Crippen LogP contribution in [0.4, 0.5) is 0 Å². The largest absolute Gasteiger partial charge is 0.508 e. The number of allylic oxidation sites excluding steroid dienone is 1. The zero-order valence-corrected chi connectivity index (χ0v) is 18.3. The highest BCUT2D eigenvalue weighted by Crippen LogP contribution is 2.36. The van der Waals surface area contributed by atoms with Crippen molar-refractivity contribution in [2.45, 2.75) is 19.8 Å². The first-order valence-corrected chi connectivity index (χ1v) is 10.9. The molecule has 0 unspecified atom stereocenters. The lowest BCUT2D eigenvalue weighted by atomic mass is 9.87. The third-order valence-electron chi connectivity index (χ3n) is 5.05. The highest BCUT2D eigenvalue weighted by atomic mass is 16.5. The predicted octanol–water partition coefficient (Wildman–Crippen LogP) is 5.24. The van der Waals surface area contributed by atoms with E-state index in [-0.39, 0.29) is 18.1 Å². The van der Waals surface area contributed by atoms with Crippen molar-refractivity contribution in [3.63, 3.8) is 0 Å². The maximum absolute atomic E-state index is 9.77. The molecule has 3 rings (SSSR count). The molecule has 0 fully saturated rings. The van der Waals surface area contributed by atoms with Crippen LogP contribution < -0.4 is 4.74 Å². The van der Waals surface area contributed by atoms with Crippen molar-refractivity contribution in [2.75, 3.05) is 26.4 Å². The summed E-state index contributed by atoms with van der Waals surface area (Å²) in [6, 6.07) is 22.4. The summed E-state index contributed by atoms with van der Waals surface area (Å²) in [6.07, 6.45) is 1.84. The number of phenols is 2. The van der Waals surface area contributed by atoms with Gasteiger partial charge in [0.1, 0.15) is 23.9 Å². The topological polar surface area (TPSA) is 79.2 Å². The van der Waals surface area contributed by atoms with Gasteiger partial charge in [-0.25, -0.2) is 0 Å². The van der Waals surface area contributed by atoms with Crippen LogP contribution in [-0.2, 0) is 4.74 Å². The van der Waals surface area contributed by atoms with Crippen LogP contribution in [0, 0.1) is 0 Å². The molecule has 3 aromatic rings. The Hall–Kier alpha value is -3.28. The molecule has 5 nitrogen and oxygen atoms in total. The summed E-state index contributed by atoms with van der Waals surface area (Å²) in [7, 11) is 0. The lowest BCUT2D eigenvalue weighted by Gasteiger charge is -2.18. The van der Waals surface area contributed by atoms with Gasteiger partial charge in [0, 0.05) is 0 Å². The van der Waals surface area contributed by atoms with Gasteiger partial charge in [0.15, 0.2) is 0 Å². The third kappa shape index (κ3) is 6.36. The Morgan fingerprint density at radius 2 is 1.22 bits per heavy atom. The van der Waals surface area contributed by atoms with E-state index in [0.717, 1.165) is 40.9 Å². The molecule has 0 heterocycles. The number of rotatable bonds is 11. The minimum atomic E-state index is 0.00559. The van der Waals surface area contributed by atoms with Crippen molar-refractivity contribution in [3.05, 3.63) is 89.5 Å². The molecule has 0 bridgehead atoms. The standard InChI is InChI=1S/C27H30O5/c1-2-3-26(20-8-14-25(15-9-20)32-19-18-31-17-16-28)27(21-4-10-23(29)11-5-21)22-6-12-24(30)13-7-22/h4-15,28-30H,2-3,16-19H2,1H3. The quantitative estimate of drug-likeness (QED) is 0.284. The van der Waals surface area contributed by atoms with E-state index < -0.39 is 0 Å². The van der Waals surface area contributed by atoms with Crippen LogP contribution in [0.3, 0.4) is 0 Å². The van der Waals surface area contributed by atoms with E-state index in [0.29, 0.717) is 19.8 Å². The van der Waals surface area contributed by atoms with Crippen LogP contribution in [0.15, 0.2) is 72.8 Å². The average molecular weight is 435 g/mol. The Bertz CT molecular complexity index is 942. The number of phenolic OH excluding ortho intramolecular Hbond substituents is 2. The predicted molar refractivity (Wildman–Crippen MR) is 127 cm³/mol. The minimum Gasteiger partial charge on any atom is -0.508 e. The van der Waals surface area contributed by atoms with Gasteiger partial charge >= 0.3 is 0 Å². The molecule has 0 radical (unpaired) electrons. The number of hydrogen-bond acceptors (Lipinski definition) is 5. The van der Waals surface area contributed by atoms with Crippen LogP contribution in [0.25, 0.3) is 11.1 Å². The Balaban J connectivity index is 1.97. The van der Waals surface area contributed by atoms with Crippen molar-refractivity contribution in [1.29, 1.82) is 0 Å². The van der Waals surface area contributed by atoms with E-state index in [1.54, 1.807) is 24.3 Å². The Kier molecular flexibility index (Phi) is 8.72. The maximum atomic E-state index is 9.77. The van der Waals surface area contributed by atoms with Crippen molar-refractivity contribution in [3.8, 4) is 17.2 Å². The van der Waals surface area contributed by atoms with E-state index in [1.807, 2.05) is 36.4 Å². The first-order chi connectivity index (χ1) is 15.6. The van der Waals surface area contributed by atoms with Crippen LogP contribution in [0.2, 0.25) is 0 Å². The smallest absolute Gasteiger partial charge is 0.119 e. The average Bonchev–Trinajstić information content (AvgIpc) is 2.81. The van der Waals surface area contributed by atoms with Gasteiger partial charge in [-0.15, -0.1) is 0 Å². The summed E-state index contributed by atoms with van der Waals surface area (Å²) >= 11 is 0. The molecule has 3 N–H and O–H groups in total. The summed E-state index contributed by atoms with van der Waals surface area (Å²) in [5.41, 5.74) is 5.34. The van der Waals surface area contributed by atoms with Crippen LogP contribution in [0.1, 0.15) is 36.5 Å². The van der Waals surface area contributed by atoms with E-state index in [9.17, 15) is 10.2 Å². The molecule has 0 spiro atoms. The van der Waals surface area contributed by atoms with E-state index in [1.165, 1.54) is 5.57 Å². The summed E-state index contributed by atoms with van der Waals surface area (Å²) in [4.78, 5) is 0. The Morgan fingerprint density at radius 3 is 1.72 bits per heavy atom. The molecule has 0 atom stereocenters. The molecule has 0 aliphatic heterocycles. The van der Waals surface area contributed by atoms with Gasteiger partial charge in [0.25, 0.3) is 0 Å². The lowest BCUT2D eigenvalue weighted by Crippen LogP contribution is -2.09. The Morgan fingerprint density at radius 1 is 0.688 bits per heavy atom. The third-order valence-corrected chi connectivity index (χ3v) is 5.05. The molecule has 0 amide bonds. The van der Waals surface area contributed by atoms with Gasteiger partial charge in [0.2, 0.25) is 0 Å². The normalized spacial score (nSPS) is 10.7. The van der Waals surface area contributed by atoms with E-state index in [4.69, 9.17) is 14.6 Å². The molecule has 3 aromatic carbocycles. The molecule has 0 saturated carbocycles. The second kappa shape index (κ2) is 11.9. The lowest BCUT2D eigenvalue weighted by molar-refractivity contribution is 0.0705. The number of aromatic hydroxyl groups is 2. The van der Waals surface area contributed by atoms with Crippen molar-refractivity contribution >= 4 is 11.1 Å². The number of benzene rings is 3. The summed E-state index contributed by atoms with van der Waals surface area (Å²) < 4.78 is 11.0. The van der Waals surface area contributed by atoms with Crippen molar-refractivity contribution < 1.29 is 24.8 Å². The molecule has 168 valence electrons. The second-order valence-corrected chi connectivity index (χ2v) is 7.41. The maximum Gasteiger partial charge on any atom is 0.119 e. The van der Waals surface area contributed by atoms with Crippen LogP contribution in [-0.4, -0.2) is 41.7 Å². The molecule has 5 heteroatoms. The fourth-order valence-electron chi connectivity index (χ4n) is 3.57. The fraction of sp³-hybridized carbons (Fsp3) is 0.259. The molecule has 32 heavy (non-hydrogen) atoms. The van der Waals surface area contributed by atoms with Crippen molar-refractivity contribution in [1.82, 2.24) is 0 Å². The second-order valence-electron chi connectivity index (χ2n) is 7.41. The molecule has 0 aromatic heterocycles. The summed E-state index contributed by atoms with van der Waals surface area (Å²) in [5, 5.41) is 28.3. The molecule has 0 aliphatic carbocycles. The highest BCUT2D eigenvalue weighted by molar-refractivity contribution is 5.98. The van der Waals surface area contributed by atoms with Gasteiger partial charge in [0.05, 0.1) is 19.8 Å². The number of aliphatic hydroxyl groups is 1. The highest BCUT2D eigenvalue weighted by Gasteiger charge is 2.14. The monoisotopic (exact) mass is 434 g/mol. The zero-order valence-electron chi connectivity index (χ0n) is 18.3. The summed E-state index contributed by atoms with van der Waals surface area (Å²) in [5.74, 6) is 1.20. The van der Waals surface area contributed by atoms with Gasteiger partial charge in [-0.1, -0.05) is 49.7 Å². The first kappa shape index (κ1) is 23.4. The molecule has 0 aliphatic rings. The van der Waals surface area contributed by atoms with E-state index >= 15 is 0 Å². The number of hydrogen-bond donors (Lipinski definition) is 3. The molecular weight excluding hydrogens is 404 g/mol. The van der Waals surface area contributed by atoms with Crippen LogP contribution >= 0.6 is 0 Å². The van der Waals surface area contributed by atoms with E-state index in [2.05, 4.69) is 19.1 Å². The SMILES string of the molecule is CCCC(=C(c1ccc(O)cc1)c1ccc(O)cc1)c1ccc(OCCOCCO)cc1. The number of aliphatic hydroxyl groups excluding tert-OH is 1. The Labute approximate surface area is 189 Å².